The molecule has 3 rings (SSSR count). The van der Waals surface area contributed by atoms with Crippen LogP contribution in [0, 0.1) is 11.8 Å². The van der Waals surface area contributed by atoms with E-state index in [1.54, 1.807) is 5.57 Å². The van der Waals surface area contributed by atoms with Crippen molar-refractivity contribution >= 4 is 43.5 Å². The lowest BCUT2D eigenvalue weighted by molar-refractivity contribution is 0.446. The van der Waals surface area contributed by atoms with Crippen molar-refractivity contribution in [2.75, 3.05) is 0 Å². The number of hydrogen-bond acceptors (Lipinski definition) is 1. The van der Waals surface area contributed by atoms with Gasteiger partial charge in [-0.05, 0) is 51.9 Å². The van der Waals surface area contributed by atoms with Crippen molar-refractivity contribution in [1.82, 2.24) is 4.98 Å². The molecule has 0 spiro atoms. The fourth-order valence-corrected chi connectivity index (χ4v) is 4.66. The number of nitrogens with zero attached hydrogens (tertiary/aromatic N) is 1. The van der Waals surface area contributed by atoms with Gasteiger partial charge in [-0.25, -0.2) is 4.98 Å². The van der Waals surface area contributed by atoms with Gasteiger partial charge in [-0.2, -0.15) is 0 Å². The first kappa shape index (κ1) is 11.9. The summed E-state index contributed by atoms with van der Waals surface area (Å²) in [6.45, 7) is 2.36. The van der Waals surface area contributed by atoms with E-state index in [9.17, 15) is 0 Å². The highest BCUT2D eigenvalue weighted by atomic mass is 79.9. The normalized spacial score (nSPS) is 31.5. The molecule has 1 fully saturated rings. The molecule has 0 bridgehead atoms. The molecule has 1 nitrogen and oxygen atoms in total. The average molecular weight is 357 g/mol. The van der Waals surface area contributed by atoms with Crippen LogP contribution in [0.4, 0.5) is 0 Å². The Bertz CT molecular complexity index is 564. The molecule has 0 amide bonds. The van der Waals surface area contributed by atoms with E-state index in [0.29, 0.717) is 16.7 Å². The molecule has 1 heterocycles. The van der Waals surface area contributed by atoms with Crippen LogP contribution in [-0.2, 0) is 0 Å². The quantitative estimate of drug-likeness (QED) is 0.514. The predicted molar refractivity (Wildman–Crippen MR) is 78.3 cm³/mol. The molecule has 0 saturated heterocycles. The van der Waals surface area contributed by atoms with Crippen molar-refractivity contribution in [2.45, 2.75) is 31.0 Å². The van der Waals surface area contributed by atoms with Crippen LogP contribution < -0.4 is 10.4 Å². The lowest BCUT2D eigenvalue weighted by Gasteiger charge is -2.35. The molecule has 0 radical (unpaired) electrons. The lowest BCUT2D eigenvalue weighted by Crippen LogP contribution is -2.41. The molecule has 2 aliphatic rings. The zero-order valence-electron chi connectivity index (χ0n) is 9.79. The van der Waals surface area contributed by atoms with Crippen LogP contribution in [0.3, 0.4) is 0 Å². The van der Waals surface area contributed by atoms with E-state index >= 15 is 0 Å². The summed E-state index contributed by atoms with van der Waals surface area (Å²) in [5, 5.41) is 2.69. The molecular formula is C14H15Br2N. The summed E-state index contributed by atoms with van der Waals surface area (Å²) < 4.78 is 1.01. The van der Waals surface area contributed by atoms with E-state index in [2.05, 4.69) is 55.9 Å². The fraction of sp³-hybridized carbons (Fsp3) is 0.500. The molecule has 0 N–H and O–H groups in total. The Hall–Kier alpha value is -0.150. The fourth-order valence-electron chi connectivity index (χ4n) is 3.25. The molecule has 0 aromatic carbocycles. The summed E-state index contributed by atoms with van der Waals surface area (Å²) in [7, 11) is 0. The van der Waals surface area contributed by atoms with Gasteiger partial charge < -0.3 is 0 Å². The van der Waals surface area contributed by atoms with E-state index in [1.165, 1.54) is 29.7 Å². The van der Waals surface area contributed by atoms with E-state index in [-0.39, 0.29) is 0 Å². The van der Waals surface area contributed by atoms with Crippen molar-refractivity contribution in [3.05, 3.63) is 27.3 Å². The van der Waals surface area contributed by atoms with Crippen molar-refractivity contribution in [1.29, 1.82) is 0 Å². The second kappa shape index (κ2) is 4.51. The maximum absolute atomic E-state index is 4.40. The Labute approximate surface area is 118 Å². The molecule has 1 aromatic rings. The van der Waals surface area contributed by atoms with E-state index in [1.807, 2.05) is 6.20 Å². The van der Waals surface area contributed by atoms with Crippen LogP contribution in [-0.4, -0.2) is 9.81 Å². The third kappa shape index (κ3) is 1.91. The van der Waals surface area contributed by atoms with E-state index < -0.39 is 0 Å². The molecule has 1 saturated carbocycles. The minimum atomic E-state index is 0.488. The molecule has 3 heteroatoms. The summed E-state index contributed by atoms with van der Waals surface area (Å²) in [6.07, 6.45) is 8.18. The Morgan fingerprint density at radius 2 is 2.18 bits per heavy atom. The molecular weight excluding hydrogens is 342 g/mol. The zero-order valence-corrected chi connectivity index (χ0v) is 13.0. The number of aromatic nitrogens is 1. The maximum Gasteiger partial charge on any atom is 0.113 e. The van der Waals surface area contributed by atoms with Crippen LogP contribution in [0.1, 0.15) is 26.2 Å². The molecule has 2 aliphatic carbocycles. The number of pyridine rings is 1. The Balaban J connectivity index is 2.38. The first-order valence-electron chi connectivity index (χ1n) is 6.19. The van der Waals surface area contributed by atoms with Crippen molar-refractivity contribution in [3.8, 4) is 0 Å². The van der Waals surface area contributed by atoms with Gasteiger partial charge in [0.2, 0.25) is 0 Å². The summed E-state index contributed by atoms with van der Waals surface area (Å²) in [6, 6.07) is 2.12. The molecule has 17 heavy (non-hydrogen) atoms. The maximum atomic E-state index is 4.40. The number of rotatable bonds is 0. The summed E-state index contributed by atoms with van der Waals surface area (Å²) in [4.78, 5) is 4.89. The molecule has 90 valence electrons. The third-order valence-corrected chi connectivity index (χ3v) is 5.54. The Morgan fingerprint density at radius 3 is 3.00 bits per heavy atom. The molecule has 3 unspecified atom stereocenters. The molecule has 1 aromatic heterocycles. The highest BCUT2D eigenvalue weighted by molar-refractivity contribution is 9.10. The second-order valence-corrected chi connectivity index (χ2v) is 6.88. The first-order chi connectivity index (χ1) is 8.18. The van der Waals surface area contributed by atoms with E-state index in [0.717, 1.165) is 4.60 Å². The number of hydrogen-bond donors (Lipinski definition) is 0. The van der Waals surface area contributed by atoms with Crippen molar-refractivity contribution in [2.24, 2.45) is 11.8 Å². The average Bonchev–Trinajstić information content (AvgIpc) is 2.30. The standard InChI is InChI=1S/C14H15Br2N/c1-8-3-2-4-10-11(15)7-9-5-6-17-14(16)13(9)12(8)10/h5-8,10-11H,2-4H2,1H3. The minimum absolute atomic E-state index is 0.488. The highest BCUT2D eigenvalue weighted by Crippen LogP contribution is 2.40. The van der Waals surface area contributed by atoms with Crippen LogP contribution in [0.15, 0.2) is 16.9 Å². The van der Waals surface area contributed by atoms with Crippen molar-refractivity contribution < 1.29 is 0 Å². The zero-order chi connectivity index (χ0) is 12.0. The second-order valence-electron chi connectivity index (χ2n) is 5.07. The Morgan fingerprint density at radius 1 is 1.35 bits per heavy atom. The largest absolute Gasteiger partial charge is 0.249 e. The van der Waals surface area contributed by atoms with Gasteiger partial charge in [-0.15, -0.1) is 0 Å². The van der Waals surface area contributed by atoms with Crippen LogP contribution >= 0.6 is 31.9 Å². The first-order valence-corrected chi connectivity index (χ1v) is 7.90. The van der Waals surface area contributed by atoms with Gasteiger partial charge in [0.05, 0.1) is 0 Å². The lowest BCUT2D eigenvalue weighted by atomic mass is 9.73. The minimum Gasteiger partial charge on any atom is -0.249 e. The predicted octanol–water partition coefficient (Wildman–Crippen LogP) is 2.99. The molecule has 3 atom stereocenters. The SMILES string of the molecule is CC1CCCC2C1=c1c(Br)nccc1=CC2Br. The Kier molecular flexibility index (Phi) is 3.16. The topological polar surface area (TPSA) is 12.9 Å². The highest BCUT2D eigenvalue weighted by Gasteiger charge is 2.32. The molecule has 0 aliphatic heterocycles. The van der Waals surface area contributed by atoms with Gasteiger partial charge in [-0.3, -0.25) is 0 Å². The van der Waals surface area contributed by atoms with Gasteiger partial charge in [-0.1, -0.05) is 40.9 Å². The van der Waals surface area contributed by atoms with Crippen LogP contribution in [0.2, 0.25) is 0 Å². The van der Waals surface area contributed by atoms with Gasteiger partial charge in [0.25, 0.3) is 0 Å². The monoisotopic (exact) mass is 355 g/mol. The van der Waals surface area contributed by atoms with Gasteiger partial charge in [0, 0.05) is 16.2 Å². The van der Waals surface area contributed by atoms with Gasteiger partial charge >= 0.3 is 0 Å². The third-order valence-electron chi connectivity index (χ3n) is 4.03. The summed E-state index contributed by atoms with van der Waals surface area (Å²) >= 11 is 7.46. The number of alkyl halides is 1. The summed E-state index contributed by atoms with van der Waals surface area (Å²) in [5.74, 6) is 1.34. The van der Waals surface area contributed by atoms with Crippen molar-refractivity contribution in [3.63, 3.8) is 0 Å². The van der Waals surface area contributed by atoms with Gasteiger partial charge in [0.1, 0.15) is 4.60 Å². The number of fused-ring (bicyclic) bond motifs is 2. The smallest absolute Gasteiger partial charge is 0.113 e. The summed E-state index contributed by atoms with van der Waals surface area (Å²) in [5.41, 5.74) is 1.61. The van der Waals surface area contributed by atoms with Crippen LogP contribution in [0.5, 0.6) is 0 Å². The van der Waals surface area contributed by atoms with Gasteiger partial charge in [0.15, 0.2) is 0 Å². The van der Waals surface area contributed by atoms with Crippen LogP contribution in [0.25, 0.3) is 11.6 Å². The number of halogens is 2. The van der Waals surface area contributed by atoms with E-state index in [4.69, 9.17) is 0 Å².